The van der Waals surface area contributed by atoms with Crippen molar-refractivity contribution in [1.29, 1.82) is 0 Å². The number of aromatic nitrogens is 4. The van der Waals surface area contributed by atoms with Crippen molar-refractivity contribution in [2.45, 2.75) is 52.6 Å². The molecule has 2 amide bonds. The summed E-state index contributed by atoms with van der Waals surface area (Å²) in [5.74, 6) is 0.268. The van der Waals surface area contributed by atoms with E-state index in [1.165, 1.54) is 17.8 Å². The Morgan fingerprint density at radius 3 is 2.56 bits per heavy atom. The number of piperazine rings is 1. The molecule has 234 valence electrons. The largest absolute Gasteiger partial charge is 0.453 e. The summed E-state index contributed by atoms with van der Waals surface area (Å²) in [7, 11) is 1.28. The van der Waals surface area contributed by atoms with Crippen LogP contribution < -0.4 is 15.9 Å². The first-order chi connectivity index (χ1) is 21.5. The minimum Gasteiger partial charge on any atom is -0.453 e. The van der Waals surface area contributed by atoms with Gasteiger partial charge in [-0.25, -0.2) is 19.1 Å². The zero-order valence-electron chi connectivity index (χ0n) is 26.2. The zero-order chi connectivity index (χ0) is 32.6. The highest BCUT2D eigenvalue weighted by atomic mass is 35.5. The van der Waals surface area contributed by atoms with Gasteiger partial charge in [0.05, 0.1) is 40.3 Å². The molecule has 0 spiro atoms. The predicted octanol–water partition coefficient (Wildman–Crippen LogP) is 5.72. The molecule has 4 heterocycles. The number of carbonyl (C=O) groups excluding carboxylic acids is 2. The fourth-order valence-corrected chi connectivity index (χ4v) is 6.06. The number of carbonyl (C=O) groups is 2. The molecule has 0 aliphatic carbocycles. The van der Waals surface area contributed by atoms with Crippen LogP contribution in [0.15, 0.2) is 60.0 Å². The molecular weight excluding hydrogens is 594 g/mol. The fraction of sp³-hybridized carbons (Fsp3) is 0.333. The monoisotopic (exact) mass is 629 g/mol. The predicted molar refractivity (Wildman–Crippen MR) is 176 cm³/mol. The zero-order valence-corrected chi connectivity index (χ0v) is 26.9. The molecule has 1 saturated heterocycles. The Morgan fingerprint density at radius 1 is 1.13 bits per heavy atom. The number of anilines is 2. The summed E-state index contributed by atoms with van der Waals surface area (Å²) in [6.45, 7) is 14.4. The third-order valence-corrected chi connectivity index (χ3v) is 8.33. The molecule has 11 nitrogen and oxygen atoms in total. The molecule has 12 heteroatoms. The van der Waals surface area contributed by atoms with Crippen LogP contribution in [0.2, 0.25) is 5.02 Å². The summed E-state index contributed by atoms with van der Waals surface area (Å²) in [6, 6.07) is 10.3. The summed E-state index contributed by atoms with van der Waals surface area (Å²) in [5, 5.41) is 3.57. The smallest absolute Gasteiger partial charge is 0.411 e. The Morgan fingerprint density at radius 2 is 1.87 bits per heavy atom. The average Bonchev–Trinajstić information content (AvgIpc) is 3.01. The number of nitrogens with one attached hydrogen (secondary N) is 1. The van der Waals surface area contributed by atoms with Gasteiger partial charge in [-0.3, -0.25) is 15.1 Å². The second-order valence-electron chi connectivity index (χ2n) is 11.5. The van der Waals surface area contributed by atoms with Gasteiger partial charge in [-0.1, -0.05) is 50.2 Å². The number of fused-ring (bicyclic) bond motifs is 1. The van der Waals surface area contributed by atoms with Gasteiger partial charge < -0.3 is 14.5 Å². The second kappa shape index (κ2) is 12.7. The first kappa shape index (κ1) is 31.6. The van der Waals surface area contributed by atoms with E-state index in [0.29, 0.717) is 57.6 Å². The molecule has 4 aromatic rings. The number of para-hydroxylation sites is 1. The van der Waals surface area contributed by atoms with Gasteiger partial charge in [0.1, 0.15) is 5.82 Å². The quantitative estimate of drug-likeness (QED) is 0.269. The Hall–Kier alpha value is -4.77. The topological polar surface area (TPSA) is 123 Å². The van der Waals surface area contributed by atoms with Gasteiger partial charge in [0.25, 0.3) is 0 Å². The maximum absolute atomic E-state index is 14.2. The van der Waals surface area contributed by atoms with E-state index < -0.39 is 11.8 Å². The van der Waals surface area contributed by atoms with Gasteiger partial charge >= 0.3 is 11.8 Å². The number of methoxy groups -OCH3 is 1. The van der Waals surface area contributed by atoms with Gasteiger partial charge in [-0.15, -0.1) is 0 Å². The van der Waals surface area contributed by atoms with Crippen molar-refractivity contribution in [2.75, 3.05) is 30.4 Å². The van der Waals surface area contributed by atoms with Gasteiger partial charge in [0, 0.05) is 36.9 Å². The van der Waals surface area contributed by atoms with Gasteiger partial charge in [0.15, 0.2) is 5.65 Å². The van der Waals surface area contributed by atoms with Crippen molar-refractivity contribution < 1.29 is 14.3 Å². The molecule has 0 radical (unpaired) electrons. The molecule has 45 heavy (non-hydrogen) atoms. The molecule has 3 aromatic heterocycles. The molecule has 1 N–H and O–H groups in total. The number of halogens is 1. The minimum atomic E-state index is -0.646. The van der Waals surface area contributed by atoms with Crippen LogP contribution in [0.4, 0.5) is 16.3 Å². The molecular formula is C33H36ClN7O4. The van der Waals surface area contributed by atoms with Crippen molar-refractivity contribution in [3.63, 3.8) is 0 Å². The average molecular weight is 630 g/mol. The molecule has 1 aliphatic heterocycles. The fourth-order valence-electron chi connectivity index (χ4n) is 5.81. The highest BCUT2D eigenvalue weighted by Gasteiger charge is 2.34. The van der Waals surface area contributed by atoms with Crippen LogP contribution in [0.25, 0.3) is 28.0 Å². The van der Waals surface area contributed by atoms with Gasteiger partial charge in [0.2, 0.25) is 5.91 Å². The maximum Gasteiger partial charge on any atom is 0.411 e. The standard InChI is InChI=1S/C33H36ClN7O4/c1-8-26(42)39-16-21(6)40(17-20(39)5)30-23-15-24(34)28(22-11-9-10-12-25(22)36-33(44)45-7)37-31(23)41(32(43)38-30)29-19(4)13-14-35-27(29)18(2)3/h8-15,18,20-21H,1,16-17H2,2-7H3,(H,36,44)/t20-,21+/m1/s1. The summed E-state index contributed by atoms with van der Waals surface area (Å²) >= 11 is 6.97. The molecule has 5 rings (SSSR count). The molecule has 0 unspecified atom stereocenters. The van der Waals surface area contributed by atoms with E-state index in [4.69, 9.17) is 21.3 Å². The lowest BCUT2D eigenvalue weighted by molar-refractivity contribution is -0.128. The van der Waals surface area contributed by atoms with Crippen molar-refractivity contribution in [1.82, 2.24) is 24.4 Å². The number of pyridine rings is 2. The Labute approximate surface area is 266 Å². The van der Waals surface area contributed by atoms with Gasteiger partial charge in [-0.05, 0) is 56.5 Å². The van der Waals surface area contributed by atoms with Crippen molar-refractivity contribution >= 4 is 46.1 Å². The van der Waals surface area contributed by atoms with E-state index in [0.717, 1.165) is 11.3 Å². The van der Waals surface area contributed by atoms with E-state index in [2.05, 4.69) is 21.9 Å². The Balaban J connectivity index is 1.82. The van der Waals surface area contributed by atoms with Crippen LogP contribution in [0.3, 0.4) is 0 Å². The molecule has 0 saturated carbocycles. The number of hydrogen-bond acceptors (Lipinski definition) is 8. The summed E-state index contributed by atoms with van der Waals surface area (Å²) < 4.78 is 6.32. The summed E-state index contributed by atoms with van der Waals surface area (Å²) in [4.78, 5) is 57.0. The van der Waals surface area contributed by atoms with Crippen LogP contribution in [0.5, 0.6) is 0 Å². The number of hydrogen-bond donors (Lipinski definition) is 1. The molecule has 0 bridgehead atoms. The second-order valence-corrected chi connectivity index (χ2v) is 11.9. The normalized spacial score (nSPS) is 16.6. The number of nitrogens with zero attached hydrogens (tertiary/aromatic N) is 6. The van der Waals surface area contributed by atoms with Crippen molar-refractivity contribution in [3.05, 3.63) is 82.0 Å². The van der Waals surface area contributed by atoms with Crippen LogP contribution in [0.1, 0.15) is 44.9 Å². The number of amides is 2. The molecule has 1 aromatic carbocycles. The highest BCUT2D eigenvalue weighted by molar-refractivity contribution is 6.34. The van der Waals surface area contributed by atoms with E-state index in [1.54, 1.807) is 41.4 Å². The number of aryl methyl sites for hydroxylation is 1. The summed E-state index contributed by atoms with van der Waals surface area (Å²) in [6.07, 6.45) is 2.39. The first-order valence-corrected chi connectivity index (χ1v) is 15.1. The maximum atomic E-state index is 14.2. The van der Waals surface area contributed by atoms with E-state index in [9.17, 15) is 14.4 Å². The molecule has 1 aliphatic rings. The SMILES string of the molecule is C=CC(=O)N1C[C@H](C)N(c2nc(=O)n(-c3c(C)ccnc3C(C)C)c3nc(-c4ccccc4NC(=O)OC)c(Cl)cc23)C[C@H]1C. The highest BCUT2D eigenvalue weighted by Crippen LogP contribution is 2.38. The van der Waals surface area contributed by atoms with E-state index in [-0.39, 0.29) is 23.9 Å². The third kappa shape index (κ3) is 5.87. The van der Waals surface area contributed by atoms with Crippen molar-refractivity contribution in [2.24, 2.45) is 0 Å². The summed E-state index contributed by atoms with van der Waals surface area (Å²) in [5.41, 5.74) is 3.29. The van der Waals surface area contributed by atoms with Crippen LogP contribution in [0, 0.1) is 6.92 Å². The van der Waals surface area contributed by atoms with Crippen LogP contribution in [-0.2, 0) is 9.53 Å². The number of benzene rings is 1. The number of ether oxygens (including phenoxy) is 1. The lowest BCUT2D eigenvalue weighted by Crippen LogP contribution is -2.58. The Bertz CT molecular complexity index is 1870. The lowest BCUT2D eigenvalue weighted by Gasteiger charge is -2.44. The van der Waals surface area contributed by atoms with Gasteiger partial charge in [-0.2, -0.15) is 4.98 Å². The van der Waals surface area contributed by atoms with Crippen LogP contribution in [-0.4, -0.2) is 68.7 Å². The molecule has 1 fully saturated rings. The van der Waals surface area contributed by atoms with Crippen molar-refractivity contribution in [3.8, 4) is 16.9 Å². The first-order valence-electron chi connectivity index (χ1n) is 14.7. The molecule has 2 atom stereocenters. The minimum absolute atomic E-state index is 0.00498. The Kier molecular flexibility index (Phi) is 8.92. The van der Waals surface area contributed by atoms with E-state index >= 15 is 0 Å². The number of rotatable bonds is 6. The lowest BCUT2D eigenvalue weighted by atomic mass is 10.0. The van der Waals surface area contributed by atoms with Crippen LogP contribution >= 0.6 is 11.6 Å². The van der Waals surface area contributed by atoms with E-state index in [1.807, 2.05) is 45.6 Å². The third-order valence-electron chi connectivity index (χ3n) is 8.05.